The first-order valence-electron chi connectivity index (χ1n) is 7.54. The fourth-order valence-corrected chi connectivity index (χ4v) is 3.01. The highest BCUT2D eigenvalue weighted by Gasteiger charge is 2.21. The molecule has 1 saturated heterocycles. The van der Waals surface area contributed by atoms with Gasteiger partial charge < -0.3 is 15.4 Å². The molecule has 0 atom stereocenters. The van der Waals surface area contributed by atoms with Crippen LogP contribution in [-0.2, 0) is 22.5 Å². The summed E-state index contributed by atoms with van der Waals surface area (Å²) in [7, 11) is 0. The Labute approximate surface area is 119 Å². The molecule has 4 heteroatoms. The van der Waals surface area contributed by atoms with Gasteiger partial charge >= 0.3 is 0 Å². The first-order valence-corrected chi connectivity index (χ1v) is 7.54. The van der Waals surface area contributed by atoms with Gasteiger partial charge in [0, 0.05) is 37.9 Å². The van der Waals surface area contributed by atoms with Crippen LogP contribution in [0.15, 0.2) is 18.2 Å². The molecule has 1 aromatic rings. The quantitative estimate of drug-likeness (QED) is 0.887. The van der Waals surface area contributed by atoms with Crippen LogP contribution in [0.25, 0.3) is 0 Å². The molecular formula is C16H22N2O2. The molecule has 2 heterocycles. The van der Waals surface area contributed by atoms with Crippen molar-refractivity contribution in [1.82, 2.24) is 5.32 Å². The summed E-state index contributed by atoms with van der Waals surface area (Å²) in [6.07, 6.45) is 4.00. The van der Waals surface area contributed by atoms with Crippen LogP contribution in [0.2, 0.25) is 0 Å². The van der Waals surface area contributed by atoms with Gasteiger partial charge in [-0.15, -0.1) is 0 Å². The number of para-hydroxylation sites is 1. The van der Waals surface area contributed by atoms with E-state index in [1.807, 2.05) is 0 Å². The van der Waals surface area contributed by atoms with E-state index in [9.17, 15) is 4.79 Å². The molecule has 0 spiro atoms. The predicted molar refractivity (Wildman–Crippen MR) is 78.6 cm³/mol. The number of ether oxygens (including phenoxy) is 1. The first kappa shape index (κ1) is 13.4. The normalized spacial score (nSPS) is 19.0. The lowest BCUT2D eigenvalue weighted by molar-refractivity contribution is -0.128. The minimum atomic E-state index is 0.122. The minimum Gasteiger partial charge on any atom is -0.385 e. The number of rotatable bonds is 3. The van der Waals surface area contributed by atoms with Crippen LogP contribution in [0, 0.1) is 5.92 Å². The molecule has 1 fully saturated rings. The van der Waals surface area contributed by atoms with Gasteiger partial charge in [-0.25, -0.2) is 0 Å². The predicted octanol–water partition coefficient (Wildman–Crippen LogP) is 2.09. The zero-order chi connectivity index (χ0) is 13.8. The van der Waals surface area contributed by atoms with E-state index in [1.54, 1.807) is 0 Å². The number of hydrogen-bond acceptors (Lipinski definition) is 3. The van der Waals surface area contributed by atoms with Crippen molar-refractivity contribution in [3.8, 4) is 0 Å². The molecule has 4 nitrogen and oxygen atoms in total. The molecule has 2 aliphatic rings. The summed E-state index contributed by atoms with van der Waals surface area (Å²) in [6, 6.07) is 6.36. The molecule has 20 heavy (non-hydrogen) atoms. The lowest BCUT2D eigenvalue weighted by Crippen LogP contribution is -2.34. The fourth-order valence-electron chi connectivity index (χ4n) is 3.01. The van der Waals surface area contributed by atoms with Crippen molar-refractivity contribution in [3.63, 3.8) is 0 Å². The van der Waals surface area contributed by atoms with Gasteiger partial charge in [0.25, 0.3) is 0 Å². The number of amides is 1. The number of aryl methyl sites for hydroxylation is 1. The molecule has 0 radical (unpaired) electrons. The third kappa shape index (κ3) is 2.96. The van der Waals surface area contributed by atoms with Gasteiger partial charge in [0.1, 0.15) is 0 Å². The molecule has 1 aromatic carbocycles. The topological polar surface area (TPSA) is 50.4 Å². The Morgan fingerprint density at radius 3 is 3.05 bits per heavy atom. The Morgan fingerprint density at radius 2 is 2.20 bits per heavy atom. The van der Waals surface area contributed by atoms with Crippen molar-refractivity contribution in [2.75, 3.05) is 25.1 Å². The summed E-state index contributed by atoms with van der Waals surface area (Å²) in [5, 5.41) is 6.55. The van der Waals surface area contributed by atoms with E-state index in [0.717, 1.165) is 25.8 Å². The number of nitrogens with one attached hydrogen (secondary N) is 2. The molecule has 1 amide bonds. The maximum atomic E-state index is 12.2. The maximum Gasteiger partial charge on any atom is 0.223 e. The monoisotopic (exact) mass is 274 g/mol. The van der Waals surface area contributed by atoms with Crippen LogP contribution in [0.5, 0.6) is 0 Å². The highest BCUT2D eigenvalue weighted by Crippen LogP contribution is 2.26. The number of hydrogen-bond donors (Lipinski definition) is 2. The Bertz CT molecular complexity index is 481. The SMILES string of the molecule is O=C(NCc1cccc2c1NCCC2)C1CCOCC1. The van der Waals surface area contributed by atoms with Crippen molar-refractivity contribution in [1.29, 1.82) is 0 Å². The van der Waals surface area contributed by atoms with E-state index < -0.39 is 0 Å². The number of benzene rings is 1. The van der Waals surface area contributed by atoms with E-state index in [2.05, 4.69) is 28.8 Å². The highest BCUT2D eigenvalue weighted by molar-refractivity contribution is 5.79. The van der Waals surface area contributed by atoms with Crippen LogP contribution in [-0.4, -0.2) is 25.7 Å². The molecule has 0 bridgehead atoms. The molecule has 3 rings (SSSR count). The van der Waals surface area contributed by atoms with Crippen molar-refractivity contribution < 1.29 is 9.53 Å². The molecule has 2 aliphatic heterocycles. The Morgan fingerprint density at radius 1 is 1.35 bits per heavy atom. The number of carbonyl (C=O) groups is 1. The fraction of sp³-hybridized carbons (Fsp3) is 0.562. The smallest absolute Gasteiger partial charge is 0.223 e. The zero-order valence-corrected chi connectivity index (χ0v) is 11.8. The third-order valence-corrected chi connectivity index (χ3v) is 4.21. The Hall–Kier alpha value is -1.55. The summed E-state index contributed by atoms with van der Waals surface area (Å²) < 4.78 is 5.30. The van der Waals surface area contributed by atoms with Crippen molar-refractivity contribution in [3.05, 3.63) is 29.3 Å². The summed E-state index contributed by atoms with van der Waals surface area (Å²) in [4.78, 5) is 12.2. The van der Waals surface area contributed by atoms with Crippen molar-refractivity contribution >= 4 is 11.6 Å². The largest absolute Gasteiger partial charge is 0.385 e. The number of anilines is 1. The second-order valence-corrected chi connectivity index (χ2v) is 5.59. The molecule has 0 aliphatic carbocycles. The molecule has 0 saturated carbocycles. The lowest BCUT2D eigenvalue weighted by atomic mass is 9.98. The maximum absolute atomic E-state index is 12.2. The van der Waals surface area contributed by atoms with Crippen LogP contribution >= 0.6 is 0 Å². The summed E-state index contributed by atoms with van der Waals surface area (Å²) >= 11 is 0. The average molecular weight is 274 g/mol. The van der Waals surface area contributed by atoms with Gasteiger partial charge in [-0.3, -0.25) is 4.79 Å². The second kappa shape index (κ2) is 6.27. The zero-order valence-electron chi connectivity index (χ0n) is 11.8. The first-order chi connectivity index (χ1) is 9.84. The van der Waals surface area contributed by atoms with Gasteiger partial charge in [0.2, 0.25) is 5.91 Å². The Balaban J connectivity index is 1.62. The molecule has 2 N–H and O–H groups in total. The molecule has 0 aromatic heterocycles. The van der Waals surface area contributed by atoms with Crippen molar-refractivity contribution in [2.24, 2.45) is 5.92 Å². The molecular weight excluding hydrogens is 252 g/mol. The standard InChI is InChI=1S/C16H22N2O2/c19-16(13-6-9-20-10-7-13)18-11-14-4-1-3-12-5-2-8-17-15(12)14/h1,3-4,13,17H,2,5-11H2,(H,18,19). The van der Waals surface area contributed by atoms with Gasteiger partial charge in [-0.2, -0.15) is 0 Å². The van der Waals surface area contributed by atoms with Gasteiger partial charge in [-0.1, -0.05) is 18.2 Å². The van der Waals surface area contributed by atoms with E-state index >= 15 is 0 Å². The van der Waals surface area contributed by atoms with Gasteiger partial charge in [-0.05, 0) is 36.8 Å². The van der Waals surface area contributed by atoms with Crippen molar-refractivity contribution in [2.45, 2.75) is 32.2 Å². The summed E-state index contributed by atoms with van der Waals surface area (Å²) in [5.74, 6) is 0.290. The highest BCUT2D eigenvalue weighted by atomic mass is 16.5. The van der Waals surface area contributed by atoms with Crippen LogP contribution in [0.4, 0.5) is 5.69 Å². The van der Waals surface area contributed by atoms with Crippen LogP contribution in [0.1, 0.15) is 30.4 Å². The third-order valence-electron chi connectivity index (χ3n) is 4.21. The molecule has 108 valence electrons. The van der Waals surface area contributed by atoms with E-state index in [4.69, 9.17) is 4.74 Å². The van der Waals surface area contributed by atoms with E-state index in [-0.39, 0.29) is 11.8 Å². The van der Waals surface area contributed by atoms with Crippen LogP contribution < -0.4 is 10.6 Å². The Kier molecular flexibility index (Phi) is 4.21. The second-order valence-electron chi connectivity index (χ2n) is 5.59. The summed E-state index contributed by atoms with van der Waals surface area (Å²) in [5.41, 5.74) is 3.79. The van der Waals surface area contributed by atoms with E-state index in [1.165, 1.54) is 23.2 Å². The summed E-state index contributed by atoms with van der Waals surface area (Å²) in [6.45, 7) is 3.06. The van der Waals surface area contributed by atoms with E-state index in [0.29, 0.717) is 19.8 Å². The number of fused-ring (bicyclic) bond motifs is 1. The van der Waals surface area contributed by atoms with Crippen LogP contribution in [0.3, 0.4) is 0 Å². The van der Waals surface area contributed by atoms with Gasteiger partial charge in [0.15, 0.2) is 0 Å². The average Bonchev–Trinajstić information content (AvgIpc) is 2.53. The van der Waals surface area contributed by atoms with Gasteiger partial charge in [0.05, 0.1) is 0 Å². The minimum absolute atomic E-state index is 0.122. The lowest BCUT2D eigenvalue weighted by Gasteiger charge is -2.23. The number of carbonyl (C=O) groups excluding carboxylic acids is 1. The molecule has 0 unspecified atom stereocenters.